The Kier molecular flexibility index (Phi) is 12.9. The molecule has 1 fully saturated rings. The number of halogens is 1. The Morgan fingerprint density at radius 2 is 1.84 bits per heavy atom. The van der Waals surface area contributed by atoms with Crippen LogP contribution in [0.1, 0.15) is 51.9 Å². The second-order valence-electron chi connectivity index (χ2n) is 4.91. The molecule has 0 spiro atoms. The lowest BCUT2D eigenvalue weighted by molar-refractivity contribution is 0.0277. The number of ether oxygens (including phenoxy) is 1. The molecule has 4 nitrogen and oxygen atoms in total. The van der Waals surface area contributed by atoms with Gasteiger partial charge in [-0.3, -0.25) is 4.99 Å². The lowest BCUT2D eigenvalue weighted by atomic mass is 9.98. The zero-order chi connectivity index (χ0) is 13.1. The quantitative estimate of drug-likeness (QED) is 0.308. The van der Waals surface area contributed by atoms with Crippen molar-refractivity contribution in [2.45, 2.75) is 58.0 Å². The van der Waals surface area contributed by atoms with Crippen LogP contribution in [0, 0.1) is 0 Å². The molecule has 1 aliphatic rings. The van der Waals surface area contributed by atoms with Gasteiger partial charge in [-0.1, -0.05) is 26.2 Å². The van der Waals surface area contributed by atoms with Crippen molar-refractivity contribution in [1.29, 1.82) is 0 Å². The summed E-state index contributed by atoms with van der Waals surface area (Å²) in [6.07, 6.45) is 9.28. The Labute approximate surface area is 135 Å². The molecule has 0 atom stereocenters. The third-order valence-electron chi connectivity index (χ3n) is 3.29. The zero-order valence-corrected chi connectivity index (χ0v) is 14.7. The SMILES string of the molecule is CCCNC(=NC)NCCCOC1CCCCC1.I. The van der Waals surface area contributed by atoms with Crippen LogP contribution in [0.5, 0.6) is 0 Å². The average Bonchev–Trinajstić information content (AvgIpc) is 2.43. The number of nitrogens with zero attached hydrogens (tertiary/aromatic N) is 1. The van der Waals surface area contributed by atoms with E-state index in [0.717, 1.165) is 38.5 Å². The van der Waals surface area contributed by atoms with Crippen molar-refractivity contribution in [1.82, 2.24) is 10.6 Å². The first-order valence-corrected chi connectivity index (χ1v) is 7.43. The van der Waals surface area contributed by atoms with E-state index >= 15 is 0 Å². The molecule has 19 heavy (non-hydrogen) atoms. The van der Waals surface area contributed by atoms with Gasteiger partial charge < -0.3 is 15.4 Å². The van der Waals surface area contributed by atoms with E-state index in [2.05, 4.69) is 22.5 Å². The molecule has 0 bridgehead atoms. The number of guanidine groups is 1. The molecule has 1 saturated carbocycles. The van der Waals surface area contributed by atoms with Crippen LogP contribution in [-0.2, 0) is 4.74 Å². The topological polar surface area (TPSA) is 45.7 Å². The highest BCUT2D eigenvalue weighted by Crippen LogP contribution is 2.20. The number of rotatable bonds is 7. The van der Waals surface area contributed by atoms with Gasteiger partial charge in [0.1, 0.15) is 0 Å². The molecular formula is C14H30IN3O. The van der Waals surface area contributed by atoms with E-state index in [1.165, 1.54) is 32.1 Å². The van der Waals surface area contributed by atoms with Crippen LogP contribution in [0.25, 0.3) is 0 Å². The van der Waals surface area contributed by atoms with Crippen molar-refractivity contribution >= 4 is 29.9 Å². The third kappa shape index (κ3) is 9.49. The summed E-state index contributed by atoms with van der Waals surface area (Å²) in [6.45, 7) is 4.91. The van der Waals surface area contributed by atoms with Crippen molar-refractivity contribution in [3.8, 4) is 0 Å². The molecular weight excluding hydrogens is 353 g/mol. The second-order valence-corrected chi connectivity index (χ2v) is 4.91. The molecule has 0 aliphatic heterocycles. The maximum Gasteiger partial charge on any atom is 0.190 e. The average molecular weight is 383 g/mol. The number of aliphatic imine (C=N–C) groups is 1. The molecule has 114 valence electrons. The molecule has 0 aromatic carbocycles. The van der Waals surface area contributed by atoms with Gasteiger partial charge in [-0.2, -0.15) is 0 Å². The van der Waals surface area contributed by atoms with Crippen molar-refractivity contribution in [3.05, 3.63) is 0 Å². The van der Waals surface area contributed by atoms with E-state index in [1.807, 2.05) is 7.05 Å². The fraction of sp³-hybridized carbons (Fsp3) is 0.929. The van der Waals surface area contributed by atoms with E-state index in [-0.39, 0.29) is 24.0 Å². The minimum atomic E-state index is 0. The molecule has 0 aromatic rings. The molecule has 2 N–H and O–H groups in total. The molecule has 0 radical (unpaired) electrons. The minimum absolute atomic E-state index is 0. The molecule has 0 saturated heterocycles. The molecule has 0 amide bonds. The van der Waals surface area contributed by atoms with Gasteiger partial charge >= 0.3 is 0 Å². The molecule has 5 heteroatoms. The Balaban J connectivity index is 0.00000324. The highest BCUT2D eigenvalue weighted by Gasteiger charge is 2.12. The standard InChI is InChI=1S/C14H29N3O.HI/c1-3-10-16-14(15-2)17-11-7-12-18-13-8-5-4-6-9-13;/h13H,3-12H2,1-2H3,(H2,15,16,17);1H. The van der Waals surface area contributed by atoms with E-state index < -0.39 is 0 Å². The Morgan fingerprint density at radius 1 is 1.16 bits per heavy atom. The molecule has 1 rings (SSSR count). The van der Waals surface area contributed by atoms with E-state index in [0.29, 0.717) is 6.10 Å². The first kappa shape index (κ1) is 19.0. The van der Waals surface area contributed by atoms with Crippen LogP contribution >= 0.6 is 24.0 Å². The van der Waals surface area contributed by atoms with Gasteiger partial charge in [-0.25, -0.2) is 0 Å². The number of hydrogen-bond donors (Lipinski definition) is 2. The highest BCUT2D eigenvalue weighted by atomic mass is 127. The first-order valence-electron chi connectivity index (χ1n) is 7.43. The highest BCUT2D eigenvalue weighted by molar-refractivity contribution is 14.0. The van der Waals surface area contributed by atoms with Crippen molar-refractivity contribution in [2.75, 3.05) is 26.7 Å². The molecule has 0 heterocycles. The summed E-state index contributed by atoms with van der Waals surface area (Å²) < 4.78 is 5.88. The summed E-state index contributed by atoms with van der Waals surface area (Å²) in [5.74, 6) is 0.898. The van der Waals surface area contributed by atoms with Crippen LogP contribution < -0.4 is 10.6 Å². The fourth-order valence-electron chi connectivity index (χ4n) is 2.22. The molecule has 0 aromatic heterocycles. The summed E-state index contributed by atoms with van der Waals surface area (Å²) in [7, 11) is 1.81. The van der Waals surface area contributed by atoms with Gasteiger partial charge in [0.15, 0.2) is 5.96 Å². The fourth-order valence-corrected chi connectivity index (χ4v) is 2.22. The van der Waals surface area contributed by atoms with Crippen LogP contribution in [-0.4, -0.2) is 38.8 Å². The summed E-state index contributed by atoms with van der Waals surface area (Å²) in [4.78, 5) is 4.17. The Hall–Kier alpha value is -0.0400. The van der Waals surface area contributed by atoms with Gasteiger partial charge in [0.25, 0.3) is 0 Å². The first-order chi connectivity index (χ1) is 8.86. The largest absolute Gasteiger partial charge is 0.378 e. The van der Waals surface area contributed by atoms with Crippen LogP contribution in [0.3, 0.4) is 0 Å². The Morgan fingerprint density at radius 3 is 2.47 bits per heavy atom. The van der Waals surface area contributed by atoms with E-state index in [1.54, 1.807) is 0 Å². The second kappa shape index (κ2) is 13.0. The zero-order valence-electron chi connectivity index (χ0n) is 12.4. The number of hydrogen-bond acceptors (Lipinski definition) is 2. The normalized spacial score (nSPS) is 16.8. The van der Waals surface area contributed by atoms with Crippen LogP contribution in [0.4, 0.5) is 0 Å². The van der Waals surface area contributed by atoms with Crippen LogP contribution in [0.15, 0.2) is 4.99 Å². The van der Waals surface area contributed by atoms with Crippen molar-refractivity contribution in [2.24, 2.45) is 4.99 Å². The minimum Gasteiger partial charge on any atom is -0.378 e. The smallest absolute Gasteiger partial charge is 0.190 e. The number of nitrogens with one attached hydrogen (secondary N) is 2. The molecule has 1 aliphatic carbocycles. The lowest BCUT2D eigenvalue weighted by Crippen LogP contribution is -2.38. The maximum absolute atomic E-state index is 5.88. The monoisotopic (exact) mass is 383 g/mol. The van der Waals surface area contributed by atoms with Gasteiger partial charge in [0.2, 0.25) is 0 Å². The summed E-state index contributed by atoms with van der Waals surface area (Å²) in [5.41, 5.74) is 0. The maximum atomic E-state index is 5.88. The van der Waals surface area contributed by atoms with Gasteiger partial charge in [-0.15, -0.1) is 24.0 Å². The lowest BCUT2D eigenvalue weighted by Gasteiger charge is -2.22. The van der Waals surface area contributed by atoms with Gasteiger partial charge in [0, 0.05) is 26.7 Å². The predicted octanol–water partition coefficient (Wildman–Crippen LogP) is 2.92. The third-order valence-corrected chi connectivity index (χ3v) is 3.29. The molecule has 0 unspecified atom stereocenters. The predicted molar refractivity (Wildman–Crippen MR) is 92.5 cm³/mol. The van der Waals surface area contributed by atoms with E-state index in [4.69, 9.17) is 4.74 Å². The van der Waals surface area contributed by atoms with Crippen molar-refractivity contribution < 1.29 is 4.74 Å². The van der Waals surface area contributed by atoms with Crippen LogP contribution in [0.2, 0.25) is 0 Å². The van der Waals surface area contributed by atoms with Gasteiger partial charge in [0.05, 0.1) is 6.10 Å². The van der Waals surface area contributed by atoms with E-state index in [9.17, 15) is 0 Å². The summed E-state index contributed by atoms with van der Waals surface area (Å²) in [5, 5.41) is 6.56. The van der Waals surface area contributed by atoms with Crippen molar-refractivity contribution in [3.63, 3.8) is 0 Å². The summed E-state index contributed by atoms with van der Waals surface area (Å²) >= 11 is 0. The van der Waals surface area contributed by atoms with Gasteiger partial charge in [-0.05, 0) is 25.7 Å². The Bertz CT molecular complexity index is 231. The summed E-state index contributed by atoms with van der Waals surface area (Å²) in [6, 6.07) is 0.